The Bertz CT molecular complexity index is 589. The molecular formula is C21H37N3O3. The maximum Gasteiger partial charge on any atom is 0.325 e. The van der Waals surface area contributed by atoms with Crippen molar-refractivity contribution in [1.82, 2.24) is 15.1 Å². The second-order valence-electron chi connectivity index (χ2n) is 10.3. The van der Waals surface area contributed by atoms with Gasteiger partial charge < -0.3 is 10.2 Å². The zero-order chi connectivity index (χ0) is 20.6. The molecule has 2 atom stereocenters. The van der Waals surface area contributed by atoms with Gasteiger partial charge in [0.2, 0.25) is 5.91 Å². The molecule has 1 spiro atoms. The summed E-state index contributed by atoms with van der Waals surface area (Å²) in [6, 6.07) is -0.424. The first kappa shape index (κ1) is 21.7. The second-order valence-corrected chi connectivity index (χ2v) is 10.3. The van der Waals surface area contributed by atoms with Crippen molar-refractivity contribution >= 4 is 17.8 Å². The van der Waals surface area contributed by atoms with Crippen LogP contribution in [-0.4, -0.2) is 52.8 Å². The molecule has 4 amide bonds. The number of hydrogen-bond acceptors (Lipinski definition) is 3. The molecule has 0 aromatic heterocycles. The number of nitrogens with one attached hydrogen (secondary N) is 1. The smallest absolute Gasteiger partial charge is 0.325 e. The van der Waals surface area contributed by atoms with Crippen LogP contribution in [0.15, 0.2) is 0 Å². The molecule has 6 heteroatoms. The van der Waals surface area contributed by atoms with Crippen molar-refractivity contribution in [2.24, 2.45) is 23.2 Å². The Morgan fingerprint density at radius 1 is 1.15 bits per heavy atom. The highest BCUT2D eigenvalue weighted by Gasteiger charge is 2.56. The topological polar surface area (TPSA) is 69.7 Å². The minimum atomic E-state index is -0.848. The number of hydrogen-bond donors (Lipinski definition) is 1. The molecule has 0 bridgehead atoms. The van der Waals surface area contributed by atoms with E-state index in [1.807, 2.05) is 0 Å². The Morgan fingerprint density at radius 2 is 1.70 bits per heavy atom. The lowest BCUT2D eigenvalue weighted by Gasteiger charge is -2.43. The van der Waals surface area contributed by atoms with E-state index < -0.39 is 11.6 Å². The standard InChI is InChI=1S/C21H37N3O3/c1-14(2)10-23(11-15(3)4)17(25)12-24-18(26)21(22-19(24)27)9-16(5)8-20(6,7)13-21/h14-16H,8-13H2,1-7H3,(H,22,27). The Labute approximate surface area is 164 Å². The van der Waals surface area contributed by atoms with Crippen molar-refractivity contribution in [3.63, 3.8) is 0 Å². The van der Waals surface area contributed by atoms with Crippen LogP contribution in [0.3, 0.4) is 0 Å². The van der Waals surface area contributed by atoms with E-state index in [1.165, 1.54) is 0 Å². The minimum Gasteiger partial charge on any atom is -0.341 e. The third kappa shape index (κ3) is 5.02. The number of amides is 4. The SMILES string of the molecule is CC(C)CN(CC(C)C)C(=O)CN1C(=O)NC2(CC(C)CC(C)(C)C2)C1=O. The van der Waals surface area contributed by atoms with Crippen molar-refractivity contribution in [1.29, 1.82) is 0 Å². The molecule has 0 aromatic rings. The average molecular weight is 380 g/mol. The number of rotatable bonds is 6. The van der Waals surface area contributed by atoms with Crippen molar-refractivity contribution in [2.75, 3.05) is 19.6 Å². The Kier molecular flexibility index (Phi) is 6.27. The summed E-state index contributed by atoms with van der Waals surface area (Å²) < 4.78 is 0. The van der Waals surface area contributed by atoms with E-state index in [1.54, 1.807) is 4.90 Å². The zero-order valence-electron chi connectivity index (χ0n) is 18.1. The number of nitrogens with zero attached hydrogens (tertiary/aromatic N) is 2. The van der Waals surface area contributed by atoms with Crippen LogP contribution in [0.25, 0.3) is 0 Å². The van der Waals surface area contributed by atoms with Crippen LogP contribution in [0.5, 0.6) is 0 Å². The summed E-state index contributed by atoms with van der Waals surface area (Å²) in [5.41, 5.74) is -0.860. The van der Waals surface area contributed by atoms with E-state index in [2.05, 4.69) is 53.8 Å². The maximum absolute atomic E-state index is 13.2. The summed E-state index contributed by atoms with van der Waals surface area (Å²) in [6.07, 6.45) is 2.31. The highest BCUT2D eigenvalue weighted by molar-refractivity contribution is 6.09. The molecule has 27 heavy (non-hydrogen) atoms. The highest BCUT2D eigenvalue weighted by Crippen LogP contribution is 2.46. The maximum atomic E-state index is 13.2. The lowest BCUT2D eigenvalue weighted by molar-refractivity contribution is -0.141. The molecule has 1 aliphatic heterocycles. The molecule has 1 saturated heterocycles. The van der Waals surface area contributed by atoms with E-state index >= 15 is 0 Å². The van der Waals surface area contributed by atoms with Crippen LogP contribution in [-0.2, 0) is 9.59 Å². The van der Waals surface area contributed by atoms with Crippen LogP contribution in [0.4, 0.5) is 4.79 Å². The van der Waals surface area contributed by atoms with E-state index in [0.29, 0.717) is 43.7 Å². The van der Waals surface area contributed by atoms with Gasteiger partial charge in [-0.15, -0.1) is 0 Å². The van der Waals surface area contributed by atoms with Gasteiger partial charge in [-0.25, -0.2) is 4.79 Å². The van der Waals surface area contributed by atoms with E-state index in [4.69, 9.17) is 0 Å². The largest absolute Gasteiger partial charge is 0.341 e. The summed E-state index contributed by atoms with van der Waals surface area (Å²) in [4.78, 5) is 41.6. The molecule has 0 radical (unpaired) electrons. The fourth-order valence-electron chi connectivity index (χ4n) is 5.04. The number of urea groups is 1. The fourth-order valence-corrected chi connectivity index (χ4v) is 5.04. The molecule has 1 aliphatic carbocycles. The van der Waals surface area contributed by atoms with Crippen LogP contribution >= 0.6 is 0 Å². The lowest BCUT2D eigenvalue weighted by atomic mass is 9.64. The molecular weight excluding hydrogens is 342 g/mol. The van der Waals surface area contributed by atoms with E-state index in [9.17, 15) is 14.4 Å². The predicted octanol–water partition coefficient (Wildman–Crippen LogP) is 3.26. The molecule has 2 unspecified atom stereocenters. The summed E-state index contributed by atoms with van der Waals surface area (Å²) in [5.74, 6) is 0.645. The molecule has 1 N–H and O–H groups in total. The predicted molar refractivity (Wildman–Crippen MR) is 106 cm³/mol. The van der Waals surface area contributed by atoms with Gasteiger partial charge in [-0.2, -0.15) is 0 Å². The summed E-state index contributed by atoms with van der Waals surface area (Å²) in [7, 11) is 0. The van der Waals surface area contributed by atoms with Gasteiger partial charge in [0.05, 0.1) is 0 Å². The Morgan fingerprint density at radius 3 is 2.19 bits per heavy atom. The van der Waals surface area contributed by atoms with Crippen molar-refractivity contribution in [3.8, 4) is 0 Å². The van der Waals surface area contributed by atoms with Crippen LogP contribution in [0.2, 0.25) is 0 Å². The van der Waals surface area contributed by atoms with Crippen LogP contribution < -0.4 is 5.32 Å². The quantitative estimate of drug-likeness (QED) is 0.720. The van der Waals surface area contributed by atoms with Crippen LogP contribution in [0, 0.1) is 23.2 Å². The normalized spacial score (nSPS) is 27.6. The number of imide groups is 1. The first-order valence-corrected chi connectivity index (χ1v) is 10.3. The highest BCUT2D eigenvalue weighted by atomic mass is 16.2. The van der Waals surface area contributed by atoms with Crippen molar-refractivity contribution in [3.05, 3.63) is 0 Å². The zero-order valence-corrected chi connectivity index (χ0v) is 18.1. The molecule has 154 valence electrons. The van der Waals surface area contributed by atoms with Crippen molar-refractivity contribution < 1.29 is 14.4 Å². The summed E-state index contributed by atoms with van der Waals surface area (Å²) in [5, 5.41) is 2.95. The Balaban J connectivity index is 2.15. The molecule has 6 nitrogen and oxygen atoms in total. The summed E-state index contributed by atoms with van der Waals surface area (Å²) in [6.45, 7) is 15.8. The molecule has 2 rings (SSSR count). The molecule has 0 aromatic carbocycles. The fraction of sp³-hybridized carbons (Fsp3) is 0.857. The molecule has 1 heterocycles. The third-order valence-electron chi connectivity index (χ3n) is 5.44. The second kappa shape index (κ2) is 7.80. The first-order chi connectivity index (χ1) is 12.3. The number of carbonyl (C=O) groups excluding carboxylic acids is 3. The van der Waals surface area contributed by atoms with Gasteiger partial charge in [-0.1, -0.05) is 48.5 Å². The van der Waals surface area contributed by atoms with Gasteiger partial charge in [0.1, 0.15) is 12.1 Å². The lowest BCUT2D eigenvalue weighted by Crippen LogP contribution is -2.54. The van der Waals surface area contributed by atoms with Gasteiger partial charge in [0.25, 0.3) is 5.91 Å². The van der Waals surface area contributed by atoms with Crippen molar-refractivity contribution in [2.45, 2.75) is 73.3 Å². The Hall–Kier alpha value is -1.59. The third-order valence-corrected chi connectivity index (χ3v) is 5.44. The van der Waals surface area contributed by atoms with Gasteiger partial charge in [0, 0.05) is 13.1 Å². The van der Waals surface area contributed by atoms with Gasteiger partial charge in [-0.05, 0) is 42.4 Å². The average Bonchev–Trinajstić information content (AvgIpc) is 2.67. The van der Waals surface area contributed by atoms with E-state index in [0.717, 1.165) is 11.3 Å². The summed E-state index contributed by atoms with van der Waals surface area (Å²) >= 11 is 0. The van der Waals surface area contributed by atoms with E-state index in [-0.39, 0.29) is 23.8 Å². The van der Waals surface area contributed by atoms with Gasteiger partial charge in [-0.3, -0.25) is 14.5 Å². The number of carbonyl (C=O) groups is 3. The van der Waals surface area contributed by atoms with Crippen LogP contribution in [0.1, 0.15) is 67.7 Å². The van der Waals surface area contributed by atoms with Gasteiger partial charge >= 0.3 is 6.03 Å². The molecule has 2 fully saturated rings. The molecule has 1 saturated carbocycles. The minimum absolute atomic E-state index is 0.0120. The first-order valence-electron chi connectivity index (χ1n) is 10.3. The molecule has 2 aliphatic rings. The van der Waals surface area contributed by atoms with Gasteiger partial charge in [0.15, 0.2) is 0 Å². The monoisotopic (exact) mass is 379 g/mol.